The summed E-state index contributed by atoms with van der Waals surface area (Å²) in [5, 5.41) is 1.04. The molecular formula is C16H11ClFN3O. The van der Waals surface area contributed by atoms with Gasteiger partial charge >= 0.3 is 0 Å². The molecule has 110 valence electrons. The van der Waals surface area contributed by atoms with E-state index in [1.54, 1.807) is 24.4 Å². The van der Waals surface area contributed by atoms with Crippen molar-refractivity contribution in [3.05, 3.63) is 70.4 Å². The van der Waals surface area contributed by atoms with E-state index in [4.69, 9.17) is 17.3 Å². The van der Waals surface area contributed by atoms with Gasteiger partial charge in [-0.05, 0) is 41.8 Å². The smallest absolute Gasteiger partial charge is 0.249 e. The Hall–Kier alpha value is -2.53. The first kappa shape index (κ1) is 14.4. The van der Waals surface area contributed by atoms with Crippen molar-refractivity contribution in [3.8, 4) is 0 Å². The Morgan fingerprint density at radius 3 is 2.86 bits per heavy atom. The number of hydrogen-bond acceptors (Lipinski definition) is 3. The molecule has 0 aliphatic rings. The van der Waals surface area contributed by atoms with Gasteiger partial charge in [0, 0.05) is 29.5 Å². The molecule has 1 aromatic carbocycles. The number of nitrogens with two attached hydrogens (primary N) is 1. The van der Waals surface area contributed by atoms with Crippen LogP contribution in [-0.2, 0) is 6.42 Å². The number of pyridine rings is 2. The molecule has 0 aliphatic heterocycles. The number of rotatable bonds is 3. The van der Waals surface area contributed by atoms with Gasteiger partial charge in [0.25, 0.3) is 0 Å². The summed E-state index contributed by atoms with van der Waals surface area (Å²) in [6.07, 6.45) is 4.79. The highest BCUT2D eigenvalue weighted by Gasteiger charge is 2.11. The first-order valence-corrected chi connectivity index (χ1v) is 6.89. The maximum Gasteiger partial charge on any atom is 0.249 e. The summed E-state index contributed by atoms with van der Waals surface area (Å²) in [5.74, 6) is -0.975. The molecule has 0 aliphatic carbocycles. The average Bonchev–Trinajstić information content (AvgIpc) is 2.47. The van der Waals surface area contributed by atoms with Gasteiger partial charge in [0.05, 0.1) is 5.02 Å². The Morgan fingerprint density at radius 1 is 1.27 bits per heavy atom. The van der Waals surface area contributed by atoms with Crippen molar-refractivity contribution in [1.82, 2.24) is 9.97 Å². The highest BCUT2D eigenvalue weighted by Crippen LogP contribution is 2.23. The lowest BCUT2D eigenvalue weighted by molar-refractivity contribution is 0.0999. The van der Waals surface area contributed by atoms with E-state index in [1.165, 1.54) is 18.5 Å². The average molecular weight is 316 g/mol. The monoisotopic (exact) mass is 315 g/mol. The second-order valence-corrected chi connectivity index (χ2v) is 5.31. The van der Waals surface area contributed by atoms with Crippen molar-refractivity contribution in [2.75, 3.05) is 0 Å². The van der Waals surface area contributed by atoms with Crippen LogP contribution in [0.1, 0.15) is 21.5 Å². The highest BCUT2D eigenvalue weighted by atomic mass is 35.5. The Kier molecular flexibility index (Phi) is 3.73. The predicted molar refractivity (Wildman–Crippen MR) is 82.3 cm³/mol. The van der Waals surface area contributed by atoms with E-state index in [9.17, 15) is 9.18 Å². The SMILES string of the molecule is NC(=O)c1ccncc1Cc1cc(F)c2ncc(Cl)cc2c1. The first-order chi connectivity index (χ1) is 10.5. The fourth-order valence-corrected chi connectivity index (χ4v) is 2.53. The number of primary amides is 1. The van der Waals surface area contributed by atoms with E-state index in [2.05, 4.69) is 9.97 Å². The standard InChI is InChI=1S/C16H11ClFN3O/c17-12-6-10-3-9(5-14(18)15(10)21-8-12)4-11-7-20-2-1-13(11)16(19)22/h1-3,5-8H,4H2,(H2,19,22). The molecule has 3 rings (SSSR count). The largest absolute Gasteiger partial charge is 0.366 e. The maximum atomic E-state index is 14.1. The zero-order chi connectivity index (χ0) is 15.7. The number of hydrogen-bond donors (Lipinski definition) is 1. The van der Waals surface area contributed by atoms with Gasteiger partial charge in [-0.15, -0.1) is 0 Å². The summed E-state index contributed by atoms with van der Waals surface area (Å²) in [7, 11) is 0. The third-order valence-electron chi connectivity index (χ3n) is 3.33. The van der Waals surface area contributed by atoms with Gasteiger partial charge in [-0.2, -0.15) is 0 Å². The fourth-order valence-electron chi connectivity index (χ4n) is 2.37. The van der Waals surface area contributed by atoms with Crippen molar-refractivity contribution in [2.45, 2.75) is 6.42 Å². The van der Waals surface area contributed by atoms with E-state index < -0.39 is 11.7 Å². The number of amides is 1. The Bertz CT molecular complexity index is 882. The van der Waals surface area contributed by atoms with Gasteiger partial charge in [0.1, 0.15) is 11.3 Å². The minimum atomic E-state index is -0.539. The Balaban J connectivity index is 2.06. The number of fused-ring (bicyclic) bond motifs is 1. The third-order valence-corrected chi connectivity index (χ3v) is 3.53. The van der Waals surface area contributed by atoms with Crippen molar-refractivity contribution in [1.29, 1.82) is 0 Å². The molecule has 0 unspecified atom stereocenters. The van der Waals surface area contributed by atoms with E-state index >= 15 is 0 Å². The predicted octanol–water partition coefficient (Wildman–Crippen LogP) is 3.11. The van der Waals surface area contributed by atoms with Gasteiger partial charge in [-0.25, -0.2) is 4.39 Å². The van der Waals surface area contributed by atoms with Crippen LogP contribution < -0.4 is 5.73 Å². The van der Waals surface area contributed by atoms with E-state index in [1.807, 2.05) is 0 Å². The van der Waals surface area contributed by atoms with Crippen LogP contribution in [0.2, 0.25) is 5.02 Å². The molecule has 2 heterocycles. The van der Waals surface area contributed by atoms with Gasteiger partial charge in [0.15, 0.2) is 0 Å². The summed E-state index contributed by atoms with van der Waals surface area (Å²) in [6.45, 7) is 0. The van der Waals surface area contributed by atoms with E-state index in [0.717, 1.165) is 0 Å². The lowest BCUT2D eigenvalue weighted by Gasteiger charge is -2.08. The molecule has 0 saturated carbocycles. The molecule has 3 aromatic rings. The molecule has 0 atom stereocenters. The molecule has 2 aromatic heterocycles. The number of nitrogens with zero attached hydrogens (tertiary/aromatic N) is 2. The fraction of sp³-hybridized carbons (Fsp3) is 0.0625. The van der Waals surface area contributed by atoms with Crippen LogP contribution in [-0.4, -0.2) is 15.9 Å². The van der Waals surface area contributed by atoms with Gasteiger partial charge in [-0.1, -0.05) is 11.6 Å². The van der Waals surface area contributed by atoms with E-state index in [0.29, 0.717) is 33.5 Å². The molecule has 0 radical (unpaired) electrons. The lowest BCUT2D eigenvalue weighted by Crippen LogP contribution is -2.14. The summed E-state index contributed by atoms with van der Waals surface area (Å²) in [5.41, 5.74) is 7.30. The highest BCUT2D eigenvalue weighted by molar-refractivity contribution is 6.31. The molecule has 2 N–H and O–H groups in total. The minimum absolute atomic E-state index is 0.259. The number of carbonyl (C=O) groups is 1. The van der Waals surface area contributed by atoms with Crippen LogP contribution >= 0.6 is 11.6 Å². The zero-order valence-electron chi connectivity index (χ0n) is 11.4. The summed E-state index contributed by atoms with van der Waals surface area (Å²) in [6, 6.07) is 6.37. The van der Waals surface area contributed by atoms with Crippen LogP contribution in [0.3, 0.4) is 0 Å². The molecule has 0 spiro atoms. The summed E-state index contributed by atoms with van der Waals surface area (Å²) >= 11 is 5.89. The van der Waals surface area contributed by atoms with Crippen LogP contribution in [0.5, 0.6) is 0 Å². The molecule has 0 saturated heterocycles. The van der Waals surface area contributed by atoms with Crippen molar-refractivity contribution < 1.29 is 9.18 Å². The van der Waals surface area contributed by atoms with Crippen LogP contribution in [0.15, 0.2) is 42.9 Å². The second kappa shape index (κ2) is 5.69. The number of halogens is 2. The quantitative estimate of drug-likeness (QED) is 0.807. The van der Waals surface area contributed by atoms with Gasteiger partial charge in [0.2, 0.25) is 5.91 Å². The van der Waals surface area contributed by atoms with E-state index in [-0.39, 0.29) is 5.52 Å². The van der Waals surface area contributed by atoms with Crippen molar-refractivity contribution >= 4 is 28.4 Å². The molecule has 0 bridgehead atoms. The molecule has 22 heavy (non-hydrogen) atoms. The maximum absolute atomic E-state index is 14.1. The topological polar surface area (TPSA) is 68.9 Å². The number of aromatic nitrogens is 2. The number of carbonyl (C=O) groups excluding carboxylic acids is 1. The molecule has 6 heteroatoms. The molecule has 1 amide bonds. The molecular weight excluding hydrogens is 305 g/mol. The minimum Gasteiger partial charge on any atom is -0.366 e. The second-order valence-electron chi connectivity index (χ2n) is 4.88. The van der Waals surface area contributed by atoms with Crippen molar-refractivity contribution in [2.24, 2.45) is 5.73 Å². The molecule has 0 fully saturated rings. The first-order valence-electron chi connectivity index (χ1n) is 6.51. The summed E-state index contributed by atoms with van der Waals surface area (Å²) in [4.78, 5) is 19.4. The summed E-state index contributed by atoms with van der Waals surface area (Å²) < 4.78 is 14.1. The zero-order valence-corrected chi connectivity index (χ0v) is 12.1. The van der Waals surface area contributed by atoms with Crippen LogP contribution in [0, 0.1) is 5.82 Å². The third kappa shape index (κ3) is 2.76. The normalized spacial score (nSPS) is 10.8. The number of benzene rings is 1. The Labute approximate surface area is 130 Å². The van der Waals surface area contributed by atoms with Crippen LogP contribution in [0.4, 0.5) is 4.39 Å². The van der Waals surface area contributed by atoms with Crippen LogP contribution in [0.25, 0.3) is 10.9 Å². The lowest BCUT2D eigenvalue weighted by atomic mass is 10.00. The molecule has 4 nitrogen and oxygen atoms in total. The van der Waals surface area contributed by atoms with Gasteiger partial charge in [-0.3, -0.25) is 14.8 Å². The van der Waals surface area contributed by atoms with Crippen molar-refractivity contribution in [3.63, 3.8) is 0 Å². The van der Waals surface area contributed by atoms with Gasteiger partial charge < -0.3 is 5.73 Å². The Morgan fingerprint density at radius 2 is 2.09 bits per heavy atom.